The molecule has 1 aromatic rings. The maximum Gasteiger partial charge on any atom is 0.274 e. The lowest BCUT2D eigenvalue weighted by Crippen LogP contribution is -2.61. The summed E-state index contributed by atoms with van der Waals surface area (Å²) >= 11 is 2.02. The molecule has 0 aromatic carbocycles. The molecule has 1 unspecified atom stereocenters. The fourth-order valence-corrected chi connectivity index (χ4v) is 5.38. The summed E-state index contributed by atoms with van der Waals surface area (Å²) in [5.41, 5.74) is 0.387. The Morgan fingerprint density at radius 2 is 2.12 bits per heavy atom. The third kappa shape index (κ3) is 2.98. The Bertz CT molecular complexity index is 600. The molecule has 3 saturated heterocycles. The van der Waals surface area contributed by atoms with Crippen LogP contribution in [0.2, 0.25) is 0 Å². The standard InChI is InChI=1S/C16H22N4O3S/c1-22-14-8-17-13(7-18-14)15(21)20-10-16(11-20)6-12(9-24-16)19-2-4-23-5-3-19/h7-8,12H,2-6,9-11H2,1H3. The Balaban J connectivity index is 1.33. The van der Waals surface area contributed by atoms with E-state index in [1.54, 1.807) is 0 Å². The van der Waals surface area contributed by atoms with E-state index in [-0.39, 0.29) is 10.7 Å². The van der Waals surface area contributed by atoms with Crippen LogP contribution < -0.4 is 4.74 Å². The monoisotopic (exact) mass is 350 g/mol. The van der Waals surface area contributed by atoms with Gasteiger partial charge < -0.3 is 14.4 Å². The highest BCUT2D eigenvalue weighted by atomic mass is 32.2. The zero-order chi connectivity index (χ0) is 16.6. The van der Waals surface area contributed by atoms with Crippen molar-refractivity contribution < 1.29 is 14.3 Å². The third-order valence-electron chi connectivity index (χ3n) is 5.05. The lowest BCUT2D eigenvalue weighted by Gasteiger charge is -2.47. The van der Waals surface area contributed by atoms with E-state index < -0.39 is 0 Å². The van der Waals surface area contributed by atoms with Crippen molar-refractivity contribution in [3.05, 3.63) is 18.1 Å². The van der Waals surface area contributed by atoms with Gasteiger partial charge in [-0.25, -0.2) is 9.97 Å². The lowest BCUT2D eigenvalue weighted by molar-refractivity contribution is 0.0136. The molecule has 24 heavy (non-hydrogen) atoms. The molecule has 0 N–H and O–H groups in total. The molecule has 0 aliphatic carbocycles. The van der Waals surface area contributed by atoms with E-state index in [1.807, 2.05) is 16.7 Å². The van der Waals surface area contributed by atoms with Gasteiger partial charge in [-0.3, -0.25) is 9.69 Å². The van der Waals surface area contributed by atoms with Gasteiger partial charge in [0, 0.05) is 38.0 Å². The van der Waals surface area contributed by atoms with Gasteiger partial charge in [0.25, 0.3) is 5.91 Å². The number of thioether (sulfide) groups is 1. The molecule has 1 atom stereocenters. The minimum atomic E-state index is -0.0359. The van der Waals surface area contributed by atoms with Crippen molar-refractivity contribution in [2.75, 3.05) is 52.3 Å². The second kappa shape index (κ2) is 6.50. The molecular weight excluding hydrogens is 328 g/mol. The van der Waals surface area contributed by atoms with E-state index in [1.165, 1.54) is 19.5 Å². The number of carbonyl (C=O) groups excluding carboxylic acids is 1. The van der Waals surface area contributed by atoms with E-state index >= 15 is 0 Å². The van der Waals surface area contributed by atoms with Crippen molar-refractivity contribution >= 4 is 17.7 Å². The summed E-state index contributed by atoms with van der Waals surface area (Å²) in [6.07, 6.45) is 4.14. The highest BCUT2D eigenvalue weighted by Gasteiger charge is 2.51. The van der Waals surface area contributed by atoms with Gasteiger partial charge in [0.15, 0.2) is 0 Å². The number of nitrogens with zero attached hydrogens (tertiary/aromatic N) is 4. The van der Waals surface area contributed by atoms with Gasteiger partial charge in [-0.1, -0.05) is 0 Å². The smallest absolute Gasteiger partial charge is 0.274 e. The van der Waals surface area contributed by atoms with Crippen molar-refractivity contribution in [1.82, 2.24) is 19.8 Å². The molecule has 0 saturated carbocycles. The van der Waals surface area contributed by atoms with Crippen LogP contribution in [0.4, 0.5) is 0 Å². The Morgan fingerprint density at radius 3 is 2.79 bits per heavy atom. The number of rotatable bonds is 3. The van der Waals surface area contributed by atoms with E-state index in [0.29, 0.717) is 17.6 Å². The van der Waals surface area contributed by atoms with Crippen molar-refractivity contribution in [2.24, 2.45) is 0 Å². The maximum atomic E-state index is 12.5. The summed E-state index contributed by atoms with van der Waals surface area (Å²) in [5.74, 6) is 1.54. The van der Waals surface area contributed by atoms with E-state index in [0.717, 1.165) is 51.6 Å². The lowest BCUT2D eigenvalue weighted by atomic mass is 9.91. The first-order valence-electron chi connectivity index (χ1n) is 8.30. The fraction of sp³-hybridized carbons (Fsp3) is 0.688. The molecule has 0 bridgehead atoms. The van der Waals surface area contributed by atoms with Crippen molar-refractivity contribution in [3.63, 3.8) is 0 Å². The second-order valence-electron chi connectivity index (χ2n) is 6.61. The zero-order valence-electron chi connectivity index (χ0n) is 13.8. The van der Waals surface area contributed by atoms with E-state index in [9.17, 15) is 4.79 Å². The van der Waals surface area contributed by atoms with E-state index in [4.69, 9.17) is 9.47 Å². The van der Waals surface area contributed by atoms with Crippen molar-refractivity contribution in [1.29, 1.82) is 0 Å². The summed E-state index contributed by atoms with van der Waals surface area (Å²) in [6, 6.07) is 0.622. The molecule has 3 aliphatic heterocycles. The van der Waals surface area contributed by atoms with Crippen LogP contribution >= 0.6 is 11.8 Å². The number of morpholine rings is 1. The predicted molar refractivity (Wildman–Crippen MR) is 90.5 cm³/mol. The summed E-state index contributed by atoms with van der Waals surface area (Å²) in [6.45, 7) is 5.37. The normalized spacial score (nSPS) is 26.4. The van der Waals surface area contributed by atoms with Gasteiger partial charge >= 0.3 is 0 Å². The molecule has 3 aliphatic rings. The Kier molecular flexibility index (Phi) is 4.36. The first-order valence-corrected chi connectivity index (χ1v) is 9.29. The van der Waals surface area contributed by atoms with Gasteiger partial charge in [0.1, 0.15) is 5.69 Å². The Hall–Kier alpha value is -1.38. The quantitative estimate of drug-likeness (QED) is 0.787. The Labute approximate surface area is 145 Å². The second-order valence-corrected chi connectivity index (χ2v) is 8.09. The van der Waals surface area contributed by atoms with Crippen LogP contribution in [0.15, 0.2) is 12.4 Å². The van der Waals surface area contributed by atoms with Gasteiger partial charge in [-0.2, -0.15) is 0 Å². The molecule has 4 rings (SSSR count). The first-order chi connectivity index (χ1) is 11.7. The number of hydrogen-bond acceptors (Lipinski definition) is 7. The van der Waals surface area contributed by atoms with E-state index in [2.05, 4.69) is 14.9 Å². The number of amides is 1. The third-order valence-corrected chi connectivity index (χ3v) is 6.64. The maximum absolute atomic E-state index is 12.5. The summed E-state index contributed by atoms with van der Waals surface area (Å²) in [7, 11) is 1.53. The summed E-state index contributed by atoms with van der Waals surface area (Å²) in [4.78, 5) is 25.1. The number of aromatic nitrogens is 2. The summed E-state index contributed by atoms with van der Waals surface area (Å²) < 4.78 is 10.7. The Morgan fingerprint density at radius 1 is 1.33 bits per heavy atom. The number of carbonyl (C=O) groups is 1. The average Bonchev–Trinajstić information content (AvgIpc) is 3.06. The predicted octanol–water partition coefficient (Wildman–Crippen LogP) is 0.517. The number of methoxy groups -OCH3 is 1. The minimum absolute atomic E-state index is 0.0359. The largest absolute Gasteiger partial charge is 0.480 e. The SMILES string of the molecule is COc1cnc(C(=O)N2CC3(CC(N4CCOCC4)CS3)C2)cn1. The molecule has 7 nitrogen and oxygen atoms in total. The van der Waals surface area contributed by atoms with Crippen LogP contribution in [0.25, 0.3) is 0 Å². The van der Waals surface area contributed by atoms with Crippen molar-refractivity contribution in [2.45, 2.75) is 17.2 Å². The first kappa shape index (κ1) is 16.1. The molecule has 1 amide bonds. The molecular formula is C16H22N4O3S. The van der Waals surface area contributed by atoms with Gasteiger partial charge in [-0.05, 0) is 6.42 Å². The highest BCUT2D eigenvalue weighted by molar-refractivity contribution is 8.01. The summed E-state index contributed by atoms with van der Waals surface area (Å²) in [5, 5.41) is 0. The van der Waals surface area contributed by atoms with Gasteiger partial charge in [-0.15, -0.1) is 11.8 Å². The fourth-order valence-electron chi connectivity index (χ4n) is 3.70. The molecule has 130 valence electrons. The van der Waals surface area contributed by atoms with Crippen LogP contribution in [-0.2, 0) is 4.74 Å². The zero-order valence-corrected chi connectivity index (χ0v) is 14.6. The average molecular weight is 350 g/mol. The van der Waals surface area contributed by atoms with Crippen LogP contribution in [-0.4, -0.2) is 88.7 Å². The molecule has 1 aromatic heterocycles. The molecule has 4 heterocycles. The molecule has 8 heteroatoms. The van der Waals surface area contributed by atoms with Crippen LogP contribution in [0.1, 0.15) is 16.9 Å². The molecule has 1 spiro atoms. The number of hydrogen-bond donors (Lipinski definition) is 0. The molecule has 0 radical (unpaired) electrons. The molecule has 3 fully saturated rings. The van der Waals surface area contributed by atoms with Gasteiger partial charge in [0.05, 0.1) is 37.5 Å². The number of likely N-dealkylation sites (tertiary alicyclic amines) is 1. The topological polar surface area (TPSA) is 67.8 Å². The van der Waals surface area contributed by atoms with Crippen LogP contribution in [0.5, 0.6) is 5.88 Å². The van der Waals surface area contributed by atoms with Gasteiger partial charge in [0.2, 0.25) is 5.88 Å². The van der Waals surface area contributed by atoms with Crippen LogP contribution in [0.3, 0.4) is 0 Å². The minimum Gasteiger partial charge on any atom is -0.480 e. The highest BCUT2D eigenvalue weighted by Crippen LogP contribution is 2.46. The van der Waals surface area contributed by atoms with Crippen molar-refractivity contribution in [3.8, 4) is 5.88 Å². The van der Waals surface area contributed by atoms with Crippen LogP contribution in [0, 0.1) is 0 Å². The number of ether oxygens (including phenoxy) is 2.